The van der Waals surface area contributed by atoms with Crippen LogP contribution in [0.2, 0.25) is 5.02 Å². The Kier molecular flexibility index (Phi) is 7.13. The van der Waals surface area contributed by atoms with E-state index in [0.29, 0.717) is 22.7 Å². The molecule has 0 bridgehead atoms. The lowest BCUT2D eigenvalue weighted by molar-refractivity contribution is -0.394. The molecule has 3 aromatic rings. The number of nitrogens with zero attached hydrogens (tertiary/aromatic N) is 3. The standard InChI is InChI=1S/C21H16ClN3O8S/c1-2-33-19-7-5-16(6-8-19)23(34(31,32)20-9-3-15(22)4-10-20)21(26)14-11-17(24(27)28)13-18(12-14)25(29)30/h3-13H,2H2,1H3. The quantitative estimate of drug-likeness (QED) is 0.318. The number of carbonyl (C=O) groups is 1. The van der Waals surface area contributed by atoms with Gasteiger partial charge in [-0.15, -0.1) is 0 Å². The summed E-state index contributed by atoms with van der Waals surface area (Å²) in [4.78, 5) is 33.8. The third kappa shape index (κ3) is 5.13. The summed E-state index contributed by atoms with van der Waals surface area (Å²) in [6.07, 6.45) is 0. The molecule has 0 spiro atoms. The van der Waals surface area contributed by atoms with Crippen LogP contribution >= 0.6 is 11.6 Å². The molecule has 0 aliphatic rings. The van der Waals surface area contributed by atoms with Crippen molar-refractivity contribution in [2.75, 3.05) is 10.9 Å². The van der Waals surface area contributed by atoms with E-state index in [9.17, 15) is 33.4 Å². The van der Waals surface area contributed by atoms with Gasteiger partial charge in [0.25, 0.3) is 27.3 Å². The van der Waals surface area contributed by atoms with Gasteiger partial charge in [0.15, 0.2) is 0 Å². The highest BCUT2D eigenvalue weighted by molar-refractivity contribution is 7.93. The Labute approximate surface area is 198 Å². The number of hydrogen-bond donors (Lipinski definition) is 0. The van der Waals surface area contributed by atoms with Gasteiger partial charge in [-0.25, -0.2) is 8.42 Å². The molecule has 0 aliphatic carbocycles. The first-order valence-corrected chi connectivity index (χ1v) is 11.4. The highest BCUT2D eigenvalue weighted by Gasteiger charge is 2.34. The third-order valence-corrected chi connectivity index (χ3v) is 6.47. The SMILES string of the molecule is CCOc1ccc(N(C(=O)c2cc([N+](=O)[O-])cc([N+](=O)[O-])c2)S(=O)(=O)c2ccc(Cl)cc2)cc1. The van der Waals surface area contributed by atoms with E-state index in [1.807, 2.05) is 0 Å². The second kappa shape index (κ2) is 9.85. The van der Waals surface area contributed by atoms with Crippen LogP contribution in [0, 0.1) is 20.2 Å². The van der Waals surface area contributed by atoms with Crippen LogP contribution in [0.5, 0.6) is 5.75 Å². The number of rotatable bonds is 8. The summed E-state index contributed by atoms with van der Waals surface area (Å²) in [5.74, 6) is -0.820. The topological polar surface area (TPSA) is 150 Å². The maximum Gasteiger partial charge on any atom is 0.277 e. The number of hydrogen-bond acceptors (Lipinski definition) is 8. The number of halogens is 1. The molecule has 1 amide bonds. The van der Waals surface area contributed by atoms with Crippen molar-refractivity contribution in [3.8, 4) is 5.75 Å². The molecule has 0 heterocycles. The lowest BCUT2D eigenvalue weighted by Crippen LogP contribution is -2.37. The number of sulfonamides is 1. The van der Waals surface area contributed by atoms with Gasteiger partial charge in [0.1, 0.15) is 5.75 Å². The molecule has 11 nitrogen and oxygen atoms in total. The van der Waals surface area contributed by atoms with Gasteiger partial charge >= 0.3 is 0 Å². The van der Waals surface area contributed by atoms with Crippen LogP contribution in [-0.2, 0) is 10.0 Å². The first-order chi connectivity index (χ1) is 16.0. The molecular formula is C21H16ClN3O8S. The number of nitro benzene ring substituents is 2. The molecule has 13 heteroatoms. The molecule has 0 aliphatic heterocycles. The Morgan fingerprint density at radius 3 is 1.94 bits per heavy atom. The second-order valence-corrected chi connectivity index (χ2v) is 8.93. The molecule has 0 atom stereocenters. The number of benzene rings is 3. The van der Waals surface area contributed by atoms with Crippen LogP contribution in [0.1, 0.15) is 17.3 Å². The van der Waals surface area contributed by atoms with Crippen molar-refractivity contribution in [1.82, 2.24) is 0 Å². The molecule has 0 fully saturated rings. The van der Waals surface area contributed by atoms with E-state index >= 15 is 0 Å². The maximum absolute atomic E-state index is 13.5. The van der Waals surface area contributed by atoms with E-state index < -0.39 is 42.7 Å². The fourth-order valence-corrected chi connectivity index (χ4v) is 4.51. The molecule has 0 unspecified atom stereocenters. The van der Waals surface area contributed by atoms with E-state index in [1.165, 1.54) is 48.5 Å². The summed E-state index contributed by atoms with van der Waals surface area (Å²) < 4.78 is 32.7. The summed E-state index contributed by atoms with van der Waals surface area (Å²) in [5.41, 5.74) is -2.16. The van der Waals surface area contributed by atoms with Crippen molar-refractivity contribution in [3.63, 3.8) is 0 Å². The third-order valence-electron chi connectivity index (χ3n) is 4.49. The molecule has 3 aromatic carbocycles. The van der Waals surface area contributed by atoms with E-state index in [2.05, 4.69) is 0 Å². The molecule has 34 heavy (non-hydrogen) atoms. The summed E-state index contributed by atoms with van der Waals surface area (Å²) in [5, 5.41) is 22.8. The van der Waals surface area contributed by atoms with E-state index in [0.717, 1.165) is 12.1 Å². The fraction of sp³-hybridized carbons (Fsp3) is 0.0952. The molecule has 0 saturated heterocycles. The minimum atomic E-state index is -4.56. The minimum Gasteiger partial charge on any atom is -0.494 e. The number of anilines is 1. The van der Waals surface area contributed by atoms with Crippen molar-refractivity contribution < 1.29 is 27.8 Å². The second-order valence-electron chi connectivity index (χ2n) is 6.71. The zero-order chi connectivity index (χ0) is 25.0. The van der Waals surface area contributed by atoms with Crippen LogP contribution in [0.4, 0.5) is 17.1 Å². The van der Waals surface area contributed by atoms with E-state index in [1.54, 1.807) is 6.92 Å². The average molecular weight is 506 g/mol. The Balaban J connectivity index is 2.21. The predicted octanol–water partition coefficient (Wildman–Crippen LogP) is 4.59. The molecule has 0 aromatic heterocycles. The Morgan fingerprint density at radius 1 is 0.941 bits per heavy atom. The predicted molar refractivity (Wildman–Crippen MR) is 123 cm³/mol. The number of carbonyl (C=O) groups excluding carboxylic acids is 1. The van der Waals surface area contributed by atoms with Crippen molar-refractivity contribution >= 4 is 44.6 Å². The largest absolute Gasteiger partial charge is 0.494 e. The monoisotopic (exact) mass is 505 g/mol. The van der Waals surface area contributed by atoms with Gasteiger partial charge in [0, 0.05) is 17.2 Å². The zero-order valence-electron chi connectivity index (χ0n) is 17.5. The average Bonchev–Trinajstić information content (AvgIpc) is 2.80. The fourth-order valence-electron chi connectivity index (χ4n) is 2.97. The van der Waals surface area contributed by atoms with Crippen molar-refractivity contribution in [2.45, 2.75) is 11.8 Å². The van der Waals surface area contributed by atoms with E-state index in [-0.39, 0.29) is 15.6 Å². The van der Waals surface area contributed by atoms with Gasteiger partial charge in [-0.1, -0.05) is 11.6 Å². The van der Waals surface area contributed by atoms with Gasteiger partial charge < -0.3 is 4.74 Å². The van der Waals surface area contributed by atoms with Gasteiger partial charge in [-0.2, -0.15) is 4.31 Å². The van der Waals surface area contributed by atoms with Crippen LogP contribution in [0.3, 0.4) is 0 Å². The first-order valence-electron chi connectivity index (χ1n) is 9.56. The minimum absolute atomic E-state index is 0.113. The number of amides is 1. The first kappa shape index (κ1) is 24.6. The van der Waals surface area contributed by atoms with Crippen LogP contribution in [-0.4, -0.2) is 30.8 Å². The lowest BCUT2D eigenvalue weighted by atomic mass is 10.1. The van der Waals surface area contributed by atoms with Crippen LogP contribution in [0.15, 0.2) is 71.6 Å². The molecule has 0 N–H and O–H groups in total. The Morgan fingerprint density at radius 2 is 1.47 bits per heavy atom. The van der Waals surface area contributed by atoms with Crippen LogP contribution in [0.25, 0.3) is 0 Å². The summed E-state index contributed by atoms with van der Waals surface area (Å²) in [7, 11) is -4.56. The van der Waals surface area contributed by atoms with Gasteiger partial charge in [-0.05, 0) is 55.5 Å². The summed E-state index contributed by atoms with van der Waals surface area (Å²) >= 11 is 5.84. The summed E-state index contributed by atoms with van der Waals surface area (Å²) in [6.45, 7) is 2.10. The van der Waals surface area contributed by atoms with Crippen molar-refractivity contribution in [1.29, 1.82) is 0 Å². The van der Waals surface area contributed by atoms with Gasteiger partial charge in [0.2, 0.25) is 0 Å². The zero-order valence-corrected chi connectivity index (χ0v) is 19.0. The molecular weight excluding hydrogens is 490 g/mol. The van der Waals surface area contributed by atoms with Crippen LogP contribution < -0.4 is 9.04 Å². The van der Waals surface area contributed by atoms with Gasteiger partial charge in [0.05, 0.1) is 38.7 Å². The van der Waals surface area contributed by atoms with Crippen molar-refractivity contribution in [3.05, 3.63) is 97.5 Å². The molecule has 0 saturated carbocycles. The van der Waals surface area contributed by atoms with Gasteiger partial charge in [-0.3, -0.25) is 25.0 Å². The number of non-ortho nitro benzene ring substituents is 2. The smallest absolute Gasteiger partial charge is 0.277 e. The van der Waals surface area contributed by atoms with Crippen molar-refractivity contribution in [2.24, 2.45) is 0 Å². The molecule has 0 radical (unpaired) electrons. The maximum atomic E-state index is 13.5. The summed E-state index contributed by atoms with van der Waals surface area (Å²) in [6, 6.07) is 12.7. The molecule has 176 valence electrons. The Bertz CT molecular complexity index is 1330. The lowest BCUT2D eigenvalue weighted by Gasteiger charge is -2.23. The Hall–Kier alpha value is -4.03. The highest BCUT2D eigenvalue weighted by Crippen LogP contribution is 2.31. The normalized spacial score (nSPS) is 11.0. The van der Waals surface area contributed by atoms with E-state index in [4.69, 9.17) is 16.3 Å². The number of nitro groups is 2. The number of ether oxygens (including phenoxy) is 1. The molecule has 3 rings (SSSR count). The highest BCUT2D eigenvalue weighted by atomic mass is 35.5.